The number of unbranched alkanes of at least 4 members (excludes halogenated alkanes) is 15. The Labute approximate surface area is 156 Å². The van der Waals surface area contributed by atoms with E-state index in [1.807, 2.05) is 12.2 Å². The lowest BCUT2D eigenvalue weighted by molar-refractivity contribution is 0.533. The van der Waals surface area contributed by atoms with E-state index in [0.717, 1.165) is 6.42 Å². The smallest absolute Gasteiger partial charge is 0.141 e. The summed E-state index contributed by atoms with van der Waals surface area (Å²) in [7, 11) is 0. The van der Waals surface area contributed by atoms with Crippen LogP contribution in [0, 0.1) is 0 Å². The number of hydrogen-bond donors (Lipinski definition) is 0. The molecule has 0 aromatic carbocycles. The minimum Gasteiger partial charge on any atom is -0.141 e. The van der Waals surface area contributed by atoms with Crippen LogP contribution < -0.4 is 0 Å². The first-order valence-corrected chi connectivity index (χ1v) is 14.7. The summed E-state index contributed by atoms with van der Waals surface area (Å²) in [5, 5.41) is 0. The third-order valence-corrected chi connectivity index (χ3v) is 5.96. The highest BCUT2D eigenvalue weighted by molar-refractivity contribution is 7.47. The van der Waals surface area contributed by atoms with Gasteiger partial charge in [-0.1, -0.05) is 109 Å². The van der Waals surface area contributed by atoms with Crippen molar-refractivity contribution in [3.05, 3.63) is 11.8 Å². The van der Waals surface area contributed by atoms with E-state index in [9.17, 15) is 0 Å². The average Bonchev–Trinajstić information content (AvgIpc) is 2.49. The van der Waals surface area contributed by atoms with Gasteiger partial charge in [0.05, 0.1) is 0 Å². The quantitative estimate of drug-likeness (QED) is 0.134. The Kier molecular flexibility index (Phi) is 17.8. The van der Waals surface area contributed by atoms with Crippen molar-refractivity contribution in [2.24, 2.45) is 0 Å². The molecule has 0 aromatic heterocycles. The van der Waals surface area contributed by atoms with Gasteiger partial charge in [-0.05, 0) is 19.4 Å². The van der Waals surface area contributed by atoms with Gasteiger partial charge in [0.15, 0.2) is 0 Å². The molecule has 0 aliphatic heterocycles. The fourth-order valence-corrected chi connectivity index (χ4v) is 4.04. The molecular formula is C20H40Cl2Si. The Morgan fingerprint density at radius 1 is 0.609 bits per heavy atom. The van der Waals surface area contributed by atoms with Gasteiger partial charge in [0.25, 0.3) is 6.69 Å². The van der Waals surface area contributed by atoms with Crippen LogP contribution in [0.2, 0.25) is 6.55 Å². The molecule has 0 aliphatic rings. The van der Waals surface area contributed by atoms with Crippen molar-refractivity contribution >= 4 is 28.9 Å². The van der Waals surface area contributed by atoms with Crippen LogP contribution >= 0.6 is 22.2 Å². The molecule has 0 atom stereocenters. The molecule has 0 N–H and O–H groups in total. The predicted octanol–water partition coefficient (Wildman–Crippen LogP) is 8.89. The number of halogens is 2. The Balaban J connectivity index is 3.07. The second-order valence-corrected chi connectivity index (χ2v) is 14.6. The molecule has 0 aliphatic carbocycles. The second-order valence-electron chi connectivity index (χ2n) is 7.10. The standard InChI is InChI=1S/C20H40Cl2Si/c1-3-4-5-6-7-8-9-10-11-12-13-14-15-16-17-18-19-20-23(2,21)22/h19-20H,3-18H2,1-2H3. The minimum atomic E-state index is -2.00. The van der Waals surface area contributed by atoms with Gasteiger partial charge in [0, 0.05) is 0 Å². The molecule has 138 valence electrons. The van der Waals surface area contributed by atoms with Crippen LogP contribution in [0.25, 0.3) is 0 Å². The summed E-state index contributed by atoms with van der Waals surface area (Å²) in [5.74, 6) is 0. The molecule has 0 saturated carbocycles. The lowest BCUT2D eigenvalue weighted by Gasteiger charge is -2.03. The van der Waals surface area contributed by atoms with Crippen LogP contribution in [0.3, 0.4) is 0 Å². The molecule has 0 bridgehead atoms. The largest absolute Gasteiger partial charge is 0.270 e. The Bertz CT molecular complexity index is 259. The van der Waals surface area contributed by atoms with E-state index < -0.39 is 6.69 Å². The van der Waals surface area contributed by atoms with Crippen LogP contribution in [-0.4, -0.2) is 6.69 Å². The van der Waals surface area contributed by atoms with E-state index in [1.165, 1.54) is 96.3 Å². The van der Waals surface area contributed by atoms with E-state index >= 15 is 0 Å². The van der Waals surface area contributed by atoms with Gasteiger partial charge in [-0.3, -0.25) is 0 Å². The van der Waals surface area contributed by atoms with Gasteiger partial charge in [-0.15, -0.1) is 22.2 Å². The SMILES string of the molecule is CCCCCCCCCCCCCCCCCC=C[Si](C)(Cl)Cl. The van der Waals surface area contributed by atoms with E-state index in [1.54, 1.807) is 0 Å². The van der Waals surface area contributed by atoms with E-state index in [4.69, 9.17) is 22.2 Å². The van der Waals surface area contributed by atoms with E-state index in [-0.39, 0.29) is 0 Å². The molecule has 0 heterocycles. The molecule has 0 spiro atoms. The molecule has 0 fully saturated rings. The van der Waals surface area contributed by atoms with Crippen molar-refractivity contribution in [3.8, 4) is 0 Å². The summed E-state index contributed by atoms with van der Waals surface area (Å²) in [6, 6.07) is 0. The molecule has 0 nitrogen and oxygen atoms in total. The van der Waals surface area contributed by atoms with Gasteiger partial charge in [0.2, 0.25) is 0 Å². The zero-order valence-electron chi connectivity index (χ0n) is 15.7. The Hall–Kier alpha value is 0.537. The molecule has 0 unspecified atom stereocenters. The van der Waals surface area contributed by atoms with Crippen molar-refractivity contribution < 1.29 is 0 Å². The van der Waals surface area contributed by atoms with Gasteiger partial charge in [0.1, 0.15) is 0 Å². The summed E-state index contributed by atoms with van der Waals surface area (Å²) >= 11 is 12.0. The number of allylic oxidation sites excluding steroid dienone is 1. The van der Waals surface area contributed by atoms with Crippen LogP contribution in [0.1, 0.15) is 110 Å². The van der Waals surface area contributed by atoms with Gasteiger partial charge < -0.3 is 0 Å². The average molecular weight is 380 g/mol. The van der Waals surface area contributed by atoms with Crippen molar-refractivity contribution in [2.75, 3.05) is 0 Å². The zero-order valence-corrected chi connectivity index (χ0v) is 18.2. The van der Waals surface area contributed by atoms with Crippen molar-refractivity contribution in [2.45, 2.75) is 116 Å². The minimum absolute atomic E-state index is 1.14. The lowest BCUT2D eigenvalue weighted by Crippen LogP contribution is -2.07. The number of rotatable bonds is 17. The summed E-state index contributed by atoms with van der Waals surface area (Å²) in [4.78, 5) is 0. The van der Waals surface area contributed by atoms with E-state index in [0.29, 0.717) is 0 Å². The van der Waals surface area contributed by atoms with Crippen LogP contribution in [0.4, 0.5) is 0 Å². The summed E-state index contributed by atoms with van der Waals surface area (Å²) < 4.78 is 0. The highest BCUT2D eigenvalue weighted by atomic mass is 35.7. The first-order valence-electron chi connectivity index (χ1n) is 10.1. The lowest BCUT2D eigenvalue weighted by atomic mass is 10.0. The van der Waals surface area contributed by atoms with Crippen LogP contribution in [0.15, 0.2) is 11.8 Å². The molecule has 0 amide bonds. The topological polar surface area (TPSA) is 0 Å². The molecular weight excluding hydrogens is 339 g/mol. The molecule has 0 aromatic rings. The summed E-state index contributed by atoms with van der Waals surface area (Å²) in [5.41, 5.74) is 2.03. The maximum absolute atomic E-state index is 6.02. The molecule has 23 heavy (non-hydrogen) atoms. The molecule has 0 rings (SSSR count). The Morgan fingerprint density at radius 2 is 0.957 bits per heavy atom. The summed E-state index contributed by atoms with van der Waals surface area (Å²) in [6.07, 6.45) is 24.6. The monoisotopic (exact) mass is 378 g/mol. The molecule has 0 saturated heterocycles. The van der Waals surface area contributed by atoms with Crippen molar-refractivity contribution in [1.82, 2.24) is 0 Å². The van der Waals surface area contributed by atoms with Gasteiger partial charge in [-0.2, -0.15) is 0 Å². The molecule has 3 heteroatoms. The maximum atomic E-state index is 6.02. The third-order valence-electron chi connectivity index (χ3n) is 4.38. The zero-order chi connectivity index (χ0) is 17.2. The van der Waals surface area contributed by atoms with Crippen molar-refractivity contribution in [1.29, 1.82) is 0 Å². The van der Waals surface area contributed by atoms with Crippen molar-refractivity contribution in [3.63, 3.8) is 0 Å². The second kappa shape index (κ2) is 17.4. The van der Waals surface area contributed by atoms with Gasteiger partial charge in [-0.25, -0.2) is 0 Å². The van der Waals surface area contributed by atoms with Crippen LogP contribution in [-0.2, 0) is 0 Å². The predicted molar refractivity (Wildman–Crippen MR) is 112 cm³/mol. The van der Waals surface area contributed by atoms with Crippen LogP contribution in [0.5, 0.6) is 0 Å². The third kappa shape index (κ3) is 22.5. The van der Waals surface area contributed by atoms with E-state index in [2.05, 4.69) is 13.0 Å². The fourth-order valence-electron chi connectivity index (χ4n) is 2.92. The maximum Gasteiger partial charge on any atom is 0.270 e. The molecule has 0 radical (unpaired) electrons. The first-order chi connectivity index (χ1) is 11.1. The normalized spacial score (nSPS) is 12.3. The Morgan fingerprint density at radius 3 is 1.30 bits per heavy atom. The summed E-state index contributed by atoms with van der Waals surface area (Å²) in [6.45, 7) is 2.23. The highest BCUT2D eigenvalue weighted by Crippen LogP contribution is 2.16. The fraction of sp³-hybridized carbons (Fsp3) is 0.900. The first kappa shape index (κ1) is 23.5. The highest BCUT2D eigenvalue weighted by Gasteiger charge is 2.14. The van der Waals surface area contributed by atoms with Gasteiger partial charge >= 0.3 is 0 Å². The number of hydrogen-bond acceptors (Lipinski definition) is 0.